The summed E-state index contributed by atoms with van der Waals surface area (Å²) in [6, 6.07) is 0.333. The summed E-state index contributed by atoms with van der Waals surface area (Å²) < 4.78 is 0. The maximum atomic E-state index is 7.93. The number of allylic oxidation sites excluding steroid dienone is 2. The predicted octanol–water partition coefficient (Wildman–Crippen LogP) is 2.14. The van der Waals surface area contributed by atoms with E-state index >= 15 is 0 Å². The summed E-state index contributed by atoms with van der Waals surface area (Å²) in [4.78, 5) is 0. The summed E-state index contributed by atoms with van der Waals surface area (Å²) in [7, 11) is 1.95. The number of nitrogens with one attached hydrogen (secondary N) is 2. The van der Waals surface area contributed by atoms with Crippen molar-refractivity contribution >= 4 is 5.71 Å². The summed E-state index contributed by atoms with van der Waals surface area (Å²) in [5, 5.41) is 11.2. The Labute approximate surface area is 80.2 Å². The Kier molecular flexibility index (Phi) is 3.43. The van der Waals surface area contributed by atoms with E-state index in [0.29, 0.717) is 12.0 Å². The summed E-state index contributed by atoms with van der Waals surface area (Å²) in [6.45, 7) is 4.13. The number of rotatable bonds is 3. The average molecular weight is 178 g/mol. The molecule has 2 heteroatoms. The zero-order valence-corrected chi connectivity index (χ0v) is 8.59. The monoisotopic (exact) mass is 178 g/mol. The first-order valence-corrected chi connectivity index (χ1v) is 4.79. The highest BCUT2D eigenvalue weighted by Gasteiger charge is 2.18. The van der Waals surface area contributed by atoms with Crippen LogP contribution in [0.2, 0.25) is 0 Å². The third-order valence-corrected chi connectivity index (χ3v) is 2.40. The second kappa shape index (κ2) is 4.38. The van der Waals surface area contributed by atoms with Crippen LogP contribution in [0.1, 0.15) is 20.3 Å². The van der Waals surface area contributed by atoms with Gasteiger partial charge in [0.05, 0.1) is 0 Å². The Hall–Kier alpha value is -0.890. The Morgan fingerprint density at radius 1 is 1.62 bits per heavy atom. The van der Waals surface area contributed by atoms with Crippen molar-refractivity contribution in [2.45, 2.75) is 26.3 Å². The molecular weight excluding hydrogens is 160 g/mol. The molecule has 0 saturated carbocycles. The molecule has 0 saturated heterocycles. The molecule has 0 heterocycles. The molecule has 1 aliphatic carbocycles. The van der Waals surface area contributed by atoms with Gasteiger partial charge in [0.15, 0.2) is 0 Å². The van der Waals surface area contributed by atoms with Crippen molar-refractivity contribution in [1.82, 2.24) is 5.32 Å². The van der Waals surface area contributed by atoms with Crippen LogP contribution in [0, 0.1) is 11.3 Å². The van der Waals surface area contributed by atoms with Crippen LogP contribution >= 0.6 is 0 Å². The van der Waals surface area contributed by atoms with Gasteiger partial charge in [0.1, 0.15) is 0 Å². The number of hydrogen-bond donors (Lipinski definition) is 2. The van der Waals surface area contributed by atoms with E-state index in [2.05, 4.69) is 25.2 Å². The van der Waals surface area contributed by atoms with Crippen molar-refractivity contribution in [3.8, 4) is 0 Å². The van der Waals surface area contributed by atoms with Crippen LogP contribution in [0.4, 0.5) is 0 Å². The highest BCUT2D eigenvalue weighted by Crippen LogP contribution is 2.17. The number of hydrogen-bond acceptors (Lipinski definition) is 2. The molecule has 0 bridgehead atoms. The van der Waals surface area contributed by atoms with E-state index < -0.39 is 0 Å². The van der Waals surface area contributed by atoms with Gasteiger partial charge in [-0.1, -0.05) is 32.1 Å². The Morgan fingerprint density at radius 3 is 2.85 bits per heavy atom. The third kappa shape index (κ3) is 2.28. The summed E-state index contributed by atoms with van der Waals surface area (Å²) in [5.41, 5.74) is 1.89. The first-order chi connectivity index (χ1) is 6.16. The molecule has 1 aliphatic rings. The fraction of sp³-hybridized carbons (Fsp3) is 0.545. The Morgan fingerprint density at radius 2 is 2.31 bits per heavy atom. The van der Waals surface area contributed by atoms with Gasteiger partial charge in [0.2, 0.25) is 0 Å². The minimum atomic E-state index is 0.314. The average Bonchev–Trinajstić information content (AvgIpc) is 2.16. The highest BCUT2D eigenvalue weighted by molar-refractivity contribution is 6.00. The lowest BCUT2D eigenvalue weighted by atomic mass is 9.90. The molecule has 0 radical (unpaired) electrons. The van der Waals surface area contributed by atoms with E-state index in [-0.39, 0.29) is 0 Å². The van der Waals surface area contributed by atoms with Crippen LogP contribution in [0.3, 0.4) is 0 Å². The number of likely N-dealkylation sites (N-methyl/N-ethyl adjacent to an activating group) is 1. The molecule has 0 aromatic carbocycles. The van der Waals surface area contributed by atoms with Gasteiger partial charge in [-0.3, -0.25) is 0 Å². The molecule has 1 unspecified atom stereocenters. The van der Waals surface area contributed by atoms with Crippen LogP contribution in [-0.4, -0.2) is 18.8 Å². The maximum absolute atomic E-state index is 7.93. The van der Waals surface area contributed by atoms with Crippen molar-refractivity contribution in [1.29, 1.82) is 5.41 Å². The standard InChI is InChI=1S/C11H18N2/c1-8(2)11(12)9-6-4-5-7-10(9)13-3/h4-6,8,10,12-13H,7H2,1-3H3. The molecular formula is C11H18N2. The summed E-state index contributed by atoms with van der Waals surface area (Å²) in [5.74, 6) is 0.314. The second-order valence-electron chi connectivity index (χ2n) is 3.70. The van der Waals surface area contributed by atoms with Gasteiger partial charge < -0.3 is 10.7 Å². The predicted molar refractivity (Wildman–Crippen MR) is 57.3 cm³/mol. The van der Waals surface area contributed by atoms with E-state index in [9.17, 15) is 0 Å². The lowest BCUT2D eigenvalue weighted by molar-refractivity contribution is 0.648. The minimum absolute atomic E-state index is 0.314. The van der Waals surface area contributed by atoms with Gasteiger partial charge in [-0.25, -0.2) is 0 Å². The van der Waals surface area contributed by atoms with Crippen molar-refractivity contribution in [3.05, 3.63) is 23.8 Å². The van der Waals surface area contributed by atoms with Crippen molar-refractivity contribution < 1.29 is 0 Å². The molecule has 1 rings (SSSR count). The zero-order chi connectivity index (χ0) is 9.84. The van der Waals surface area contributed by atoms with Gasteiger partial charge in [0.25, 0.3) is 0 Å². The Bertz CT molecular complexity index is 249. The van der Waals surface area contributed by atoms with Crippen LogP contribution in [0.5, 0.6) is 0 Å². The van der Waals surface area contributed by atoms with E-state index in [1.165, 1.54) is 0 Å². The summed E-state index contributed by atoms with van der Waals surface area (Å²) >= 11 is 0. The fourth-order valence-corrected chi connectivity index (χ4v) is 1.51. The molecule has 0 aliphatic heterocycles. The van der Waals surface area contributed by atoms with Crippen LogP contribution in [0.25, 0.3) is 0 Å². The molecule has 0 spiro atoms. The molecule has 0 amide bonds. The molecule has 0 aromatic rings. The lowest BCUT2D eigenvalue weighted by Gasteiger charge is -2.23. The van der Waals surface area contributed by atoms with E-state index in [1.54, 1.807) is 0 Å². The molecule has 0 fully saturated rings. The normalized spacial score (nSPS) is 21.8. The third-order valence-electron chi connectivity index (χ3n) is 2.40. The SMILES string of the molecule is CNC1CC=CC=C1C(=N)C(C)C. The molecule has 72 valence electrons. The van der Waals surface area contributed by atoms with Gasteiger partial charge in [-0.05, 0) is 25.0 Å². The van der Waals surface area contributed by atoms with Gasteiger partial charge in [-0.15, -0.1) is 0 Å². The molecule has 13 heavy (non-hydrogen) atoms. The quantitative estimate of drug-likeness (QED) is 0.638. The highest BCUT2D eigenvalue weighted by atomic mass is 14.9. The van der Waals surface area contributed by atoms with Gasteiger partial charge >= 0.3 is 0 Å². The first kappa shape index (κ1) is 10.2. The molecule has 2 N–H and O–H groups in total. The second-order valence-corrected chi connectivity index (χ2v) is 3.70. The summed E-state index contributed by atoms with van der Waals surface area (Å²) in [6.07, 6.45) is 7.22. The van der Waals surface area contributed by atoms with Crippen LogP contribution < -0.4 is 5.32 Å². The van der Waals surface area contributed by atoms with E-state index in [4.69, 9.17) is 5.41 Å². The minimum Gasteiger partial charge on any atom is -0.313 e. The topological polar surface area (TPSA) is 35.9 Å². The van der Waals surface area contributed by atoms with Crippen LogP contribution in [0.15, 0.2) is 23.8 Å². The van der Waals surface area contributed by atoms with Gasteiger partial charge in [-0.2, -0.15) is 0 Å². The van der Waals surface area contributed by atoms with E-state index in [1.807, 2.05) is 19.2 Å². The zero-order valence-electron chi connectivity index (χ0n) is 8.59. The Balaban J connectivity index is 2.80. The smallest absolute Gasteiger partial charge is 0.0387 e. The van der Waals surface area contributed by atoms with Crippen molar-refractivity contribution in [2.75, 3.05) is 7.05 Å². The molecule has 0 aromatic heterocycles. The fourth-order valence-electron chi connectivity index (χ4n) is 1.51. The van der Waals surface area contributed by atoms with Crippen LogP contribution in [-0.2, 0) is 0 Å². The van der Waals surface area contributed by atoms with Gasteiger partial charge in [0, 0.05) is 11.8 Å². The molecule has 1 atom stereocenters. The van der Waals surface area contributed by atoms with E-state index in [0.717, 1.165) is 17.7 Å². The van der Waals surface area contributed by atoms with Crippen molar-refractivity contribution in [3.63, 3.8) is 0 Å². The van der Waals surface area contributed by atoms with Crippen molar-refractivity contribution in [2.24, 2.45) is 5.92 Å². The lowest BCUT2D eigenvalue weighted by Crippen LogP contribution is -2.32. The largest absolute Gasteiger partial charge is 0.313 e. The first-order valence-electron chi connectivity index (χ1n) is 4.79. The maximum Gasteiger partial charge on any atom is 0.0387 e. The molecule has 2 nitrogen and oxygen atoms in total.